The summed E-state index contributed by atoms with van der Waals surface area (Å²) in [5, 5.41) is 7.97. The summed E-state index contributed by atoms with van der Waals surface area (Å²) in [5.41, 5.74) is 0.956. The molecule has 31 heavy (non-hydrogen) atoms. The van der Waals surface area contributed by atoms with Gasteiger partial charge in [0.25, 0.3) is 0 Å². The van der Waals surface area contributed by atoms with Crippen molar-refractivity contribution in [1.29, 1.82) is 0 Å². The maximum absolute atomic E-state index is 13.7. The van der Waals surface area contributed by atoms with E-state index in [1.54, 1.807) is 0 Å². The lowest BCUT2D eigenvalue weighted by Gasteiger charge is -2.60. The molecule has 5 aliphatic rings. The number of nitrogens with one attached hydrogen (secondary N) is 1. The number of ketones is 2. The third-order valence-corrected chi connectivity index (χ3v) is 10.3. The third-order valence-electron chi connectivity index (χ3n) is 10.3. The number of carbonyl (C=O) groups excluding carboxylic acids is 2. The monoisotopic (exact) mass is 428 g/mol. The van der Waals surface area contributed by atoms with Crippen molar-refractivity contribution in [2.75, 3.05) is 13.1 Å². The molecule has 6 unspecified atom stereocenters. The van der Waals surface area contributed by atoms with E-state index in [1.165, 1.54) is 0 Å². The first-order valence-electron chi connectivity index (χ1n) is 12.8. The van der Waals surface area contributed by atoms with E-state index >= 15 is 0 Å². The van der Waals surface area contributed by atoms with E-state index in [2.05, 4.69) is 38.2 Å². The Hall–Kier alpha value is -1.23. The highest BCUT2D eigenvalue weighted by Crippen LogP contribution is 2.66. The largest absolute Gasteiger partial charge is 0.391 e. The van der Waals surface area contributed by atoms with Crippen molar-refractivity contribution in [3.8, 4) is 0 Å². The minimum atomic E-state index is -0.196. The van der Waals surface area contributed by atoms with Gasteiger partial charge in [0.15, 0.2) is 0 Å². The molecule has 5 heteroatoms. The molecule has 1 aliphatic heterocycles. The van der Waals surface area contributed by atoms with Gasteiger partial charge in [0, 0.05) is 42.6 Å². The van der Waals surface area contributed by atoms with E-state index in [4.69, 9.17) is 4.84 Å². The third kappa shape index (κ3) is 3.16. The van der Waals surface area contributed by atoms with E-state index in [-0.39, 0.29) is 34.7 Å². The fourth-order valence-electron chi connectivity index (χ4n) is 8.71. The van der Waals surface area contributed by atoms with E-state index in [1.807, 2.05) is 0 Å². The number of oxime groups is 1. The van der Waals surface area contributed by atoms with Crippen molar-refractivity contribution < 1.29 is 14.4 Å². The summed E-state index contributed by atoms with van der Waals surface area (Å²) in [5.74, 6) is 2.66. The summed E-state index contributed by atoms with van der Waals surface area (Å²) in [6.45, 7) is 10.8. The normalized spacial score (nSPS) is 50.8. The molecule has 9 atom stereocenters. The Morgan fingerprint density at radius 3 is 2.68 bits per heavy atom. The Bertz CT molecular complexity index is 788. The predicted molar refractivity (Wildman–Crippen MR) is 121 cm³/mol. The molecule has 4 aliphatic carbocycles. The molecule has 5 fully saturated rings. The van der Waals surface area contributed by atoms with E-state index in [0.29, 0.717) is 35.7 Å². The standard InChI is InChI=1S/C26H40N2O3/c1-5-17-21(28-31-16-8-11-27-14-16)7-10-25(3)19-6-9-26(4)20(12-15(2)24(26)30)18(19)13-22(29)23(17)25/h15-20,23,27H,5-14H2,1-4H3/t15?,16?,17-,18?,19?,20?,23?,25+,26-/m0/s1. The molecule has 1 N–H and O–H groups in total. The predicted octanol–water partition coefficient (Wildman–Crippen LogP) is 4.39. The second kappa shape index (κ2) is 7.67. The minimum absolute atomic E-state index is 0.0326. The van der Waals surface area contributed by atoms with Gasteiger partial charge < -0.3 is 10.2 Å². The van der Waals surface area contributed by atoms with Crippen LogP contribution < -0.4 is 5.32 Å². The average Bonchev–Trinajstić information content (AvgIpc) is 3.34. The van der Waals surface area contributed by atoms with Gasteiger partial charge in [0.1, 0.15) is 17.7 Å². The van der Waals surface area contributed by atoms with Crippen molar-refractivity contribution in [2.24, 2.45) is 51.5 Å². The zero-order valence-corrected chi connectivity index (χ0v) is 19.8. The minimum Gasteiger partial charge on any atom is -0.391 e. The molecule has 0 spiro atoms. The molecule has 0 aromatic heterocycles. The van der Waals surface area contributed by atoms with Crippen LogP contribution in [0.2, 0.25) is 0 Å². The van der Waals surface area contributed by atoms with Crippen LogP contribution in [0.3, 0.4) is 0 Å². The van der Waals surface area contributed by atoms with E-state index < -0.39 is 0 Å². The highest BCUT2D eigenvalue weighted by Gasteiger charge is 2.64. The number of hydrogen-bond acceptors (Lipinski definition) is 5. The molecule has 0 bridgehead atoms. The maximum Gasteiger partial charge on any atom is 0.141 e. The average molecular weight is 429 g/mol. The molecule has 5 rings (SSSR count). The van der Waals surface area contributed by atoms with Gasteiger partial charge in [-0.05, 0) is 68.2 Å². The van der Waals surface area contributed by atoms with Gasteiger partial charge in [0.05, 0.1) is 5.71 Å². The highest BCUT2D eigenvalue weighted by molar-refractivity contribution is 5.95. The lowest BCUT2D eigenvalue weighted by Crippen LogP contribution is -2.59. The van der Waals surface area contributed by atoms with Crippen LogP contribution in [0.5, 0.6) is 0 Å². The Morgan fingerprint density at radius 2 is 1.97 bits per heavy atom. The van der Waals surface area contributed by atoms with Crippen molar-refractivity contribution >= 4 is 17.3 Å². The fourth-order valence-corrected chi connectivity index (χ4v) is 8.71. The Morgan fingerprint density at radius 1 is 1.16 bits per heavy atom. The van der Waals surface area contributed by atoms with Crippen LogP contribution in [0.4, 0.5) is 0 Å². The first-order valence-corrected chi connectivity index (χ1v) is 12.8. The smallest absolute Gasteiger partial charge is 0.141 e. The number of hydrogen-bond donors (Lipinski definition) is 1. The van der Waals surface area contributed by atoms with Gasteiger partial charge in [-0.3, -0.25) is 9.59 Å². The van der Waals surface area contributed by atoms with Crippen LogP contribution in [0.15, 0.2) is 5.16 Å². The van der Waals surface area contributed by atoms with Gasteiger partial charge >= 0.3 is 0 Å². The first-order chi connectivity index (χ1) is 14.8. The van der Waals surface area contributed by atoms with Crippen molar-refractivity contribution in [3.05, 3.63) is 0 Å². The summed E-state index contributed by atoms with van der Waals surface area (Å²) < 4.78 is 0. The van der Waals surface area contributed by atoms with Gasteiger partial charge in [-0.2, -0.15) is 0 Å². The van der Waals surface area contributed by atoms with Crippen LogP contribution in [0.1, 0.15) is 79.1 Å². The highest BCUT2D eigenvalue weighted by atomic mass is 16.6. The molecule has 0 amide bonds. The van der Waals surface area contributed by atoms with Crippen LogP contribution >= 0.6 is 0 Å². The van der Waals surface area contributed by atoms with Gasteiger partial charge in [-0.1, -0.05) is 32.9 Å². The lowest BCUT2D eigenvalue weighted by atomic mass is 9.43. The van der Waals surface area contributed by atoms with E-state index in [0.717, 1.165) is 63.7 Å². The Kier molecular flexibility index (Phi) is 5.35. The lowest BCUT2D eigenvalue weighted by molar-refractivity contribution is -0.156. The van der Waals surface area contributed by atoms with Crippen LogP contribution in [-0.2, 0) is 14.4 Å². The molecule has 1 saturated heterocycles. The molecule has 5 nitrogen and oxygen atoms in total. The summed E-state index contributed by atoms with van der Waals surface area (Å²) in [6, 6.07) is 0. The number of rotatable bonds is 3. The van der Waals surface area contributed by atoms with Crippen LogP contribution in [0, 0.1) is 46.3 Å². The summed E-state index contributed by atoms with van der Waals surface area (Å²) in [7, 11) is 0. The first kappa shape index (κ1) is 21.6. The molecular formula is C26H40N2O3. The molecule has 4 saturated carbocycles. The van der Waals surface area contributed by atoms with Gasteiger partial charge in [0.2, 0.25) is 0 Å². The van der Waals surface area contributed by atoms with Crippen molar-refractivity contribution in [1.82, 2.24) is 5.32 Å². The zero-order chi connectivity index (χ0) is 22.0. The summed E-state index contributed by atoms with van der Waals surface area (Å²) in [4.78, 5) is 32.6. The molecule has 172 valence electrons. The van der Waals surface area contributed by atoms with E-state index in [9.17, 15) is 9.59 Å². The second-order valence-corrected chi connectivity index (χ2v) is 11.8. The van der Waals surface area contributed by atoms with Crippen LogP contribution in [-0.4, -0.2) is 36.5 Å². The Balaban J connectivity index is 1.42. The molecule has 0 radical (unpaired) electrons. The molecule has 1 heterocycles. The van der Waals surface area contributed by atoms with Gasteiger partial charge in [-0.25, -0.2) is 0 Å². The zero-order valence-electron chi connectivity index (χ0n) is 19.8. The van der Waals surface area contributed by atoms with Crippen molar-refractivity contribution in [3.63, 3.8) is 0 Å². The number of nitrogens with zero attached hydrogens (tertiary/aromatic N) is 1. The van der Waals surface area contributed by atoms with Gasteiger partial charge in [-0.15, -0.1) is 0 Å². The summed E-state index contributed by atoms with van der Waals surface area (Å²) >= 11 is 0. The topological polar surface area (TPSA) is 67.8 Å². The van der Waals surface area contributed by atoms with Crippen molar-refractivity contribution in [2.45, 2.75) is 85.2 Å². The second-order valence-electron chi connectivity index (χ2n) is 11.8. The number of carbonyl (C=O) groups is 2. The SMILES string of the molecule is CC[C@H]1C(=NOC2CCNC2)CC[C@]2(C)C3CC[C@]4(C)C(=O)C(C)CC4C3CC(=O)C12. The Labute approximate surface area is 187 Å². The molecule has 0 aromatic rings. The molecule has 0 aromatic carbocycles. The fraction of sp³-hybridized carbons (Fsp3) is 0.885. The van der Waals surface area contributed by atoms with Crippen LogP contribution in [0.25, 0.3) is 0 Å². The maximum atomic E-state index is 13.7. The number of fused-ring (bicyclic) bond motifs is 5. The summed E-state index contributed by atoms with van der Waals surface area (Å²) in [6.07, 6.45) is 7.86. The number of Topliss-reactive ketones (excluding diaryl/α,β-unsaturated/α-hetero) is 2. The quantitative estimate of drug-likeness (QED) is 0.677. The molecular weight excluding hydrogens is 388 g/mol.